The van der Waals surface area contributed by atoms with Gasteiger partial charge in [-0.3, -0.25) is 0 Å². The van der Waals surface area contributed by atoms with Crippen LogP contribution in [0.5, 0.6) is 0 Å². The maximum atomic E-state index is 11.3. The molecule has 0 amide bonds. The lowest BCUT2D eigenvalue weighted by Gasteiger charge is -2.08. The molecule has 0 aliphatic carbocycles. The minimum atomic E-state index is -3.15. The van der Waals surface area contributed by atoms with Crippen LogP contribution in [0.4, 0.5) is 5.82 Å². The van der Waals surface area contributed by atoms with Crippen LogP contribution in [0.25, 0.3) is 0 Å². The lowest BCUT2D eigenvalue weighted by atomic mass is 10.3. The van der Waals surface area contributed by atoms with Crippen molar-refractivity contribution >= 4 is 15.8 Å². The molecule has 1 aromatic rings. The van der Waals surface area contributed by atoms with Gasteiger partial charge < -0.3 is 5.32 Å². The van der Waals surface area contributed by atoms with Gasteiger partial charge in [-0.15, -0.1) is 0 Å². The van der Waals surface area contributed by atoms with Gasteiger partial charge in [0.1, 0.15) is 5.82 Å². The number of hydrogen-bond acceptors (Lipinski definition) is 4. The van der Waals surface area contributed by atoms with Gasteiger partial charge in [0.05, 0.1) is 5.75 Å². The Morgan fingerprint density at radius 1 is 1.44 bits per heavy atom. The maximum absolute atomic E-state index is 11.3. The van der Waals surface area contributed by atoms with Crippen molar-refractivity contribution < 1.29 is 8.42 Å². The highest BCUT2D eigenvalue weighted by Crippen LogP contribution is 2.08. The summed E-state index contributed by atoms with van der Waals surface area (Å²) in [5.41, 5.74) is 1.00. The Labute approximate surface area is 96.3 Å². The molecule has 0 unspecified atom stereocenters. The van der Waals surface area contributed by atoms with Crippen LogP contribution in [0.1, 0.15) is 12.5 Å². The number of pyridine rings is 1. The fourth-order valence-corrected chi connectivity index (χ4v) is 2.22. The number of rotatable bonds is 6. The van der Waals surface area contributed by atoms with Crippen LogP contribution in [0.3, 0.4) is 0 Å². The molecule has 1 rings (SSSR count). The number of nitrogens with zero attached hydrogens (tertiary/aromatic N) is 1. The van der Waals surface area contributed by atoms with E-state index in [-0.39, 0.29) is 5.75 Å². The van der Waals surface area contributed by atoms with Crippen molar-refractivity contribution in [2.24, 2.45) is 0 Å². The van der Waals surface area contributed by atoms with Crippen LogP contribution in [-0.2, 0) is 10.0 Å². The van der Waals surface area contributed by atoms with E-state index in [9.17, 15) is 8.42 Å². The lowest BCUT2D eigenvalue weighted by molar-refractivity contribution is 0.584. The van der Waals surface area contributed by atoms with E-state index in [2.05, 4.69) is 15.0 Å². The molecular formula is C10H17N3O2S. The Balaban J connectivity index is 2.45. The number of hydrogen-bond donors (Lipinski definition) is 2. The quantitative estimate of drug-likeness (QED) is 0.773. The van der Waals surface area contributed by atoms with Gasteiger partial charge in [0, 0.05) is 19.3 Å². The van der Waals surface area contributed by atoms with E-state index in [1.165, 1.54) is 0 Å². The van der Waals surface area contributed by atoms with Crippen molar-refractivity contribution in [3.8, 4) is 0 Å². The molecule has 0 saturated carbocycles. The molecule has 0 spiro atoms. The first-order valence-corrected chi connectivity index (χ1v) is 6.83. The van der Waals surface area contributed by atoms with Gasteiger partial charge in [0.15, 0.2) is 0 Å². The Kier molecular flexibility index (Phi) is 4.70. The van der Waals surface area contributed by atoms with Crippen LogP contribution >= 0.6 is 0 Å². The van der Waals surface area contributed by atoms with E-state index in [1.807, 2.05) is 19.1 Å². The summed E-state index contributed by atoms with van der Waals surface area (Å²) in [5.74, 6) is 0.783. The number of sulfonamides is 1. The zero-order valence-electron chi connectivity index (χ0n) is 9.53. The fourth-order valence-electron chi connectivity index (χ4n) is 1.27. The zero-order valence-corrected chi connectivity index (χ0v) is 10.3. The second kappa shape index (κ2) is 5.81. The molecule has 0 atom stereocenters. The van der Waals surface area contributed by atoms with Gasteiger partial charge in [-0.05, 0) is 18.6 Å². The van der Waals surface area contributed by atoms with Crippen LogP contribution in [-0.4, -0.2) is 32.2 Å². The predicted octanol–water partition coefficient (Wildman–Crippen LogP) is 0.741. The molecule has 6 heteroatoms. The van der Waals surface area contributed by atoms with Crippen molar-refractivity contribution in [3.05, 3.63) is 23.9 Å². The molecule has 0 saturated heterocycles. The van der Waals surface area contributed by atoms with Crippen molar-refractivity contribution in [3.63, 3.8) is 0 Å². The average molecular weight is 243 g/mol. The van der Waals surface area contributed by atoms with E-state index in [1.54, 1.807) is 13.1 Å². The SMILES string of the molecule is CCNS(=O)(=O)CCNc1ncccc1C. The standard InChI is InChI=1S/C10H17N3O2S/c1-3-13-16(14,15)8-7-12-10-9(2)5-4-6-11-10/h4-6,13H,3,7-8H2,1-2H3,(H,11,12). The average Bonchev–Trinajstić information content (AvgIpc) is 2.20. The molecule has 0 aliphatic heterocycles. The normalized spacial score (nSPS) is 11.4. The van der Waals surface area contributed by atoms with E-state index in [0.29, 0.717) is 13.1 Å². The summed E-state index contributed by atoms with van der Waals surface area (Å²) in [5, 5.41) is 3.00. The van der Waals surface area contributed by atoms with Gasteiger partial charge in [0.25, 0.3) is 0 Å². The highest BCUT2D eigenvalue weighted by atomic mass is 32.2. The molecule has 2 N–H and O–H groups in total. The third-order valence-corrected chi connectivity index (χ3v) is 3.51. The summed E-state index contributed by atoms with van der Waals surface area (Å²) in [4.78, 5) is 4.12. The Morgan fingerprint density at radius 3 is 2.81 bits per heavy atom. The first-order chi connectivity index (χ1) is 7.55. The zero-order chi connectivity index (χ0) is 12.0. The van der Waals surface area contributed by atoms with Crippen LogP contribution < -0.4 is 10.0 Å². The van der Waals surface area contributed by atoms with Gasteiger partial charge in [-0.25, -0.2) is 18.1 Å². The van der Waals surface area contributed by atoms with Gasteiger partial charge in [-0.1, -0.05) is 13.0 Å². The largest absolute Gasteiger partial charge is 0.369 e. The van der Waals surface area contributed by atoms with Crippen molar-refractivity contribution in [2.75, 3.05) is 24.2 Å². The molecule has 1 heterocycles. The Bertz CT molecular complexity index is 431. The summed E-state index contributed by atoms with van der Waals surface area (Å²) in [6.07, 6.45) is 1.67. The monoisotopic (exact) mass is 243 g/mol. The van der Waals surface area contributed by atoms with Crippen LogP contribution in [0.2, 0.25) is 0 Å². The number of aromatic nitrogens is 1. The van der Waals surface area contributed by atoms with Crippen molar-refractivity contribution in [2.45, 2.75) is 13.8 Å². The third-order valence-electron chi connectivity index (χ3n) is 2.04. The molecule has 0 aliphatic rings. The van der Waals surface area contributed by atoms with Gasteiger partial charge >= 0.3 is 0 Å². The minimum absolute atomic E-state index is 0.0524. The second-order valence-electron chi connectivity index (χ2n) is 3.41. The Hall–Kier alpha value is -1.14. The molecular weight excluding hydrogens is 226 g/mol. The summed E-state index contributed by atoms with van der Waals surface area (Å²) in [7, 11) is -3.15. The topological polar surface area (TPSA) is 71.1 Å². The molecule has 5 nitrogen and oxygen atoms in total. The Morgan fingerprint density at radius 2 is 2.19 bits per heavy atom. The second-order valence-corrected chi connectivity index (χ2v) is 5.34. The third kappa shape index (κ3) is 4.16. The van der Waals surface area contributed by atoms with E-state index in [4.69, 9.17) is 0 Å². The molecule has 90 valence electrons. The fraction of sp³-hybridized carbons (Fsp3) is 0.500. The summed E-state index contributed by atoms with van der Waals surface area (Å²) in [6, 6.07) is 3.77. The molecule has 0 fully saturated rings. The molecule has 0 bridgehead atoms. The van der Waals surface area contributed by atoms with Crippen LogP contribution in [0, 0.1) is 6.92 Å². The van der Waals surface area contributed by atoms with Crippen LogP contribution in [0.15, 0.2) is 18.3 Å². The molecule has 16 heavy (non-hydrogen) atoms. The summed E-state index contributed by atoms with van der Waals surface area (Å²) in [6.45, 7) is 4.46. The molecule has 0 aromatic carbocycles. The van der Waals surface area contributed by atoms with Gasteiger partial charge in [-0.2, -0.15) is 0 Å². The first-order valence-electron chi connectivity index (χ1n) is 5.18. The molecule has 1 aromatic heterocycles. The van der Waals surface area contributed by atoms with E-state index in [0.717, 1.165) is 11.4 Å². The highest BCUT2D eigenvalue weighted by molar-refractivity contribution is 7.89. The summed E-state index contributed by atoms with van der Waals surface area (Å²) >= 11 is 0. The number of aryl methyl sites for hydroxylation is 1. The van der Waals surface area contributed by atoms with Gasteiger partial charge in [0.2, 0.25) is 10.0 Å². The highest BCUT2D eigenvalue weighted by Gasteiger charge is 2.07. The number of nitrogens with one attached hydrogen (secondary N) is 2. The summed E-state index contributed by atoms with van der Waals surface area (Å²) < 4.78 is 25.1. The van der Waals surface area contributed by atoms with Crippen molar-refractivity contribution in [1.29, 1.82) is 0 Å². The van der Waals surface area contributed by atoms with Crippen molar-refractivity contribution in [1.82, 2.24) is 9.71 Å². The number of anilines is 1. The predicted molar refractivity (Wildman–Crippen MR) is 64.9 cm³/mol. The smallest absolute Gasteiger partial charge is 0.213 e. The maximum Gasteiger partial charge on any atom is 0.213 e. The van der Waals surface area contributed by atoms with E-state index < -0.39 is 10.0 Å². The minimum Gasteiger partial charge on any atom is -0.369 e. The molecule has 0 radical (unpaired) electrons. The van der Waals surface area contributed by atoms with E-state index >= 15 is 0 Å². The lowest BCUT2D eigenvalue weighted by Crippen LogP contribution is -2.29. The first kappa shape index (κ1) is 12.9.